The van der Waals surface area contributed by atoms with E-state index in [1.165, 1.54) is 13.2 Å². The van der Waals surface area contributed by atoms with Crippen molar-refractivity contribution in [2.75, 3.05) is 18.2 Å². The van der Waals surface area contributed by atoms with Crippen molar-refractivity contribution in [2.24, 2.45) is 0 Å². The molecule has 204 valence electrons. The van der Waals surface area contributed by atoms with Gasteiger partial charge in [0.15, 0.2) is 0 Å². The van der Waals surface area contributed by atoms with E-state index in [0.717, 1.165) is 28.8 Å². The number of amides is 1. The third-order valence-corrected chi connectivity index (χ3v) is 7.42. The minimum atomic E-state index is -0.383. The molecule has 1 aliphatic rings. The zero-order valence-corrected chi connectivity index (χ0v) is 22.8. The molecule has 0 radical (unpaired) electrons. The summed E-state index contributed by atoms with van der Waals surface area (Å²) in [6.07, 6.45) is 4.30. The highest BCUT2D eigenvalue weighted by Crippen LogP contribution is 2.37. The molecule has 1 aromatic heterocycles. The normalized spacial score (nSPS) is 15.3. The minimum Gasteiger partial charge on any atom is -0.469 e. The highest BCUT2D eigenvalue weighted by atomic mass is 35.5. The molecule has 0 spiro atoms. The van der Waals surface area contributed by atoms with E-state index in [2.05, 4.69) is 5.32 Å². The largest absolute Gasteiger partial charge is 0.469 e. The fraction of sp³-hybridized carbons (Fsp3) is 0.219. The Bertz CT molecular complexity index is 1570. The molecule has 3 N–H and O–H groups in total. The number of fused-ring (bicyclic) bond motifs is 4. The van der Waals surface area contributed by atoms with Crippen molar-refractivity contribution >= 4 is 34.9 Å². The number of rotatable bonds is 4. The Hall–Kier alpha value is -4.23. The van der Waals surface area contributed by atoms with Crippen molar-refractivity contribution < 1.29 is 18.7 Å². The van der Waals surface area contributed by atoms with E-state index in [-0.39, 0.29) is 30.0 Å². The molecule has 0 aliphatic carbocycles. The van der Waals surface area contributed by atoms with Gasteiger partial charge in [-0.25, -0.2) is 4.39 Å². The molecule has 6 nitrogen and oxygen atoms in total. The summed E-state index contributed by atoms with van der Waals surface area (Å²) in [6.45, 7) is 0. The zero-order valence-electron chi connectivity index (χ0n) is 22.0. The lowest BCUT2D eigenvalue weighted by Gasteiger charge is -2.21. The Kier molecular flexibility index (Phi) is 8.12. The van der Waals surface area contributed by atoms with Crippen LogP contribution in [0.1, 0.15) is 48.4 Å². The molecule has 2 heterocycles. The molecule has 3 aromatic carbocycles. The molecule has 0 saturated heterocycles. The third-order valence-electron chi connectivity index (χ3n) is 7.18. The lowest BCUT2D eigenvalue weighted by molar-refractivity contribution is -0.139. The number of ether oxygens (including phenoxy) is 1. The summed E-state index contributed by atoms with van der Waals surface area (Å²) >= 11 is 6.18. The number of carbonyl (C=O) groups excluding carboxylic acids is 2. The van der Waals surface area contributed by atoms with E-state index >= 15 is 4.39 Å². The van der Waals surface area contributed by atoms with Gasteiger partial charge in [-0.2, -0.15) is 0 Å². The van der Waals surface area contributed by atoms with Gasteiger partial charge in [0.05, 0.1) is 13.5 Å². The van der Waals surface area contributed by atoms with Gasteiger partial charge in [0.1, 0.15) is 5.82 Å². The molecule has 1 unspecified atom stereocenters. The number of nitrogens with two attached hydrogens (primary N) is 1. The molecule has 2 bridgehead atoms. The number of nitrogens with zero attached hydrogens (tertiary/aromatic N) is 1. The van der Waals surface area contributed by atoms with E-state index in [4.69, 9.17) is 27.1 Å². The summed E-state index contributed by atoms with van der Waals surface area (Å²) in [5.74, 6) is -1.07. The first kappa shape index (κ1) is 27.3. The van der Waals surface area contributed by atoms with Crippen LogP contribution in [0.3, 0.4) is 0 Å². The molecule has 1 aliphatic heterocycles. The molecule has 8 heteroatoms. The maximum Gasteiger partial charge on any atom is 0.309 e. The topological polar surface area (TPSA) is 94.3 Å². The number of halogens is 2. The van der Waals surface area contributed by atoms with E-state index in [0.29, 0.717) is 52.4 Å². The average molecular weight is 558 g/mol. The quantitative estimate of drug-likeness (QED) is 0.205. The monoisotopic (exact) mass is 557 g/mol. The Labute approximate surface area is 237 Å². The fourth-order valence-corrected chi connectivity index (χ4v) is 5.32. The predicted molar refractivity (Wildman–Crippen MR) is 156 cm³/mol. The van der Waals surface area contributed by atoms with Gasteiger partial charge < -0.3 is 15.8 Å². The lowest BCUT2D eigenvalue weighted by Crippen LogP contribution is -2.14. The van der Waals surface area contributed by atoms with Gasteiger partial charge in [-0.05, 0) is 72.0 Å². The summed E-state index contributed by atoms with van der Waals surface area (Å²) in [6, 6.07) is 19.5. The SMILES string of the molecule is COC(=O)Cc1ccc2c(c1)NC(=O)CCCCC(c1ccc(-c3cc(Cl)ccc3N)cn1)c1cc(F)cc-2c1. The van der Waals surface area contributed by atoms with Gasteiger partial charge in [0.25, 0.3) is 0 Å². The number of methoxy groups -OCH3 is 1. The summed E-state index contributed by atoms with van der Waals surface area (Å²) < 4.78 is 19.9. The Morgan fingerprint density at radius 2 is 1.90 bits per heavy atom. The van der Waals surface area contributed by atoms with Crippen LogP contribution >= 0.6 is 11.6 Å². The summed E-state index contributed by atoms with van der Waals surface area (Å²) in [5.41, 5.74) is 12.5. The highest BCUT2D eigenvalue weighted by Gasteiger charge is 2.21. The molecule has 4 aromatic rings. The molecule has 1 amide bonds. The first-order chi connectivity index (χ1) is 19.3. The number of benzene rings is 3. The van der Waals surface area contributed by atoms with Crippen molar-refractivity contribution in [1.29, 1.82) is 0 Å². The number of carbonyl (C=O) groups is 2. The van der Waals surface area contributed by atoms with Crippen LogP contribution < -0.4 is 11.1 Å². The summed E-state index contributed by atoms with van der Waals surface area (Å²) in [4.78, 5) is 29.4. The molecular formula is C32H29ClFN3O3. The first-order valence-corrected chi connectivity index (χ1v) is 13.5. The summed E-state index contributed by atoms with van der Waals surface area (Å²) in [7, 11) is 1.33. The van der Waals surface area contributed by atoms with Crippen molar-refractivity contribution in [3.05, 3.63) is 101 Å². The van der Waals surface area contributed by atoms with E-state index in [1.54, 1.807) is 42.6 Å². The van der Waals surface area contributed by atoms with Gasteiger partial charge in [-0.1, -0.05) is 42.3 Å². The van der Waals surface area contributed by atoms with Crippen LogP contribution in [0, 0.1) is 5.82 Å². The van der Waals surface area contributed by atoms with Crippen LogP contribution in [-0.2, 0) is 20.7 Å². The maximum absolute atomic E-state index is 15.1. The second kappa shape index (κ2) is 11.9. The second-order valence-electron chi connectivity index (χ2n) is 9.96. The first-order valence-electron chi connectivity index (χ1n) is 13.1. The number of esters is 1. The highest BCUT2D eigenvalue weighted by molar-refractivity contribution is 6.31. The third kappa shape index (κ3) is 6.15. The maximum atomic E-state index is 15.1. The van der Waals surface area contributed by atoms with Gasteiger partial charge >= 0.3 is 5.97 Å². The van der Waals surface area contributed by atoms with Crippen LogP contribution in [0.4, 0.5) is 15.8 Å². The van der Waals surface area contributed by atoms with Crippen LogP contribution in [0.15, 0.2) is 72.9 Å². The molecule has 0 fully saturated rings. The Morgan fingerprint density at radius 1 is 1.05 bits per heavy atom. The molecule has 40 heavy (non-hydrogen) atoms. The van der Waals surface area contributed by atoms with Gasteiger partial charge in [0, 0.05) is 57.3 Å². The van der Waals surface area contributed by atoms with Crippen LogP contribution in [-0.4, -0.2) is 24.0 Å². The van der Waals surface area contributed by atoms with Crippen molar-refractivity contribution in [2.45, 2.75) is 38.0 Å². The minimum absolute atomic E-state index is 0.0681. The van der Waals surface area contributed by atoms with Gasteiger partial charge in [-0.15, -0.1) is 0 Å². The van der Waals surface area contributed by atoms with Crippen LogP contribution in [0.2, 0.25) is 5.02 Å². The molecule has 0 saturated carbocycles. The van der Waals surface area contributed by atoms with Gasteiger partial charge in [-0.3, -0.25) is 14.6 Å². The van der Waals surface area contributed by atoms with Crippen LogP contribution in [0.25, 0.3) is 22.3 Å². The average Bonchev–Trinajstić information content (AvgIpc) is 2.94. The van der Waals surface area contributed by atoms with E-state index < -0.39 is 0 Å². The van der Waals surface area contributed by atoms with Crippen molar-refractivity contribution in [3.8, 4) is 22.3 Å². The second-order valence-corrected chi connectivity index (χ2v) is 10.4. The Balaban J connectivity index is 1.56. The standard InChI is InChI=1S/C32H29ClFN3O3/c1-40-32(39)13-19-6-9-26-22-14-21(15-24(34)16-22)25(4-2-3-5-31(38)37-30(26)12-19)29-11-7-20(18-36-29)27-17-23(33)8-10-28(27)35/h6-12,14-18,25H,2-5,13,35H2,1H3,(H,37,38). The number of hydrogen-bond acceptors (Lipinski definition) is 5. The molecule has 5 rings (SSSR count). The Morgan fingerprint density at radius 3 is 2.67 bits per heavy atom. The number of aromatic nitrogens is 1. The van der Waals surface area contributed by atoms with Crippen molar-refractivity contribution in [3.63, 3.8) is 0 Å². The van der Waals surface area contributed by atoms with Crippen molar-refractivity contribution in [1.82, 2.24) is 4.98 Å². The predicted octanol–water partition coefficient (Wildman–Crippen LogP) is 7.15. The molecule has 1 atom stereocenters. The number of anilines is 2. The number of pyridine rings is 1. The van der Waals surface area contributed by atoms with Gasteiger partial charge in [0.2, 0.25) is 5.91 Å². The molecular weight excluding hydrogens is 529 g/mol. The summed E-state index contributed by atoms with van der Waals surface area (Å²) in [5, 5.41) is 3.55. The smallest absolute Gasteiger partial charge is 0.309 e. The zero-order chi connectivity index (χ0) is 28.2. The number of nitrogens with one attached hydrogen (secondary N) is 1. The van der Waals surface area contributed by atoms with Crippen LogP contribution in [0.5, 0.6) is 0 Å². The van der Waals surface area contributed by atoms with E-state index in [1.807, 2.05) is 24.3 Å². The fourth-order valence-electron chi connectivity index (χ4n) is 5.15. The number of nitrogen functional groups attached to an aromatic ring is 1. The lowest BCUT2D eigenvalue weighted by atomic mass is 9.87. The number of hydrogen-bond donors (Lipinski definition) is 2. The van der Waals surface area contributed by atoms with E-state index in [9.17, 15) is 9.59 Å².